The molecule has 35 heavy (non-hydrogen) atoms. The van der Waals surface area contributed by atoms with Gasteiger partial charge in [0.2, 0.25) is 5.95 Å². The van der Waals surface area contributed by atoms with Crippen molar-refractivity contribution in [2.75, 3.05) is 54.8 Å². The molecule has 3 aromatic rings. The van der Waals surface area contributed by atoms with E-state index in [1.807, 2.05) is 61.2 Å². The third kappa shape index (κ3) is 6.60. The molecule has 1 aromatic heterocycles. The van der Waals surface area contributed by atoms with Crippen LogP contribution < -0.4 is 26.6 Å². The maximum Gasteiger partial charge on any atom is 0.317 e. The average molecular weight is 475 g/mol. The third-order valence-electron chi connectivity index (χ3n) is 5.85. The lowest BCUT2D eigenvalue weighted by Gasteiger charge is -2.36. The smallest absolute Gasteiger partial charge is 0.317 e. The molecule has 1 atom stereocenters. The molecule has 5 N–H and O–H groups in total. The van der Waals surface area contributed by atoms with Crippen LogP contribution in [0.5, 0.6) is 0 Å². The van der Waals surface area contributed by atoms with E-state index in [1.165, 1.54) is 0 Å². The van der Waals surface area contributed by atoms with E-state index in [1.54, 1.807) is 6.20 Å². The topological polar surface area (TPSA) is 111 Å². The van der Waals surface area contributed by atoms with Crippen LogP contribution >= 0.6 is 0 Å². The second kappa shape index (κ2) is 11.5. The summed E-state index contributed by atoms with van der Waals surface area (Å²) in [6, 6.07) is 18.4. The Morgan fingerprint density at radius 2 is 1.69 bits per heavy atom. The lowest BCUT2D eigenvalue weighted by molar-refractivity contribution is 0.195. The molecule has 1 unspecified atom stereocenters. The van der Waals surface area contributed by atoms with Crippen molar-refractivity contribution in [1.29, 1.82) is 0 Å². The highest BCUT2D eigenvalue weighted by Gasteiger charge is 2.20. The summed E-state index contributed by atoms with van der Waals surface area (Å²) in [5.41, 5.74) is 10.8. The fourth-order valence-electron chi connectivity index (χ4n) is 3.93. The van der Waals surface area contributed by atoms with Gasteiger partial charge in [-0.3, -0.25) is 0 Å². The molecular weight excluding hydrogens is 440 g/mol. The van der Waals surface area contributed by atoms with Gasteiger partial charge >= 0.3 is 6.03 Å². The Hall–Kier alpha value is -3.85. The van der Waals surface area contributed by atoms with Crippen LogP contribution in [0.1, 0.15) is 13.8 Å². The van der Waals surface area contributed by atoms with Crippen molar-refractivity contribution in [3.8, 4) is 11.3 Å². The fourth-order valence-corrected chi connectivity index (χ4v) is 3.93. The standard InChI is InChI=1S/C26H34N8O/c1-3-28-26(35)34-16-14-33(15-17-34)23-10-8-22(9-11-23)31-25-29-13-12-24(32-25)20-4-6-21(7-5-20)30-18-19(2)27/h4-13,19,30H,3,14-18,27H2,1-2H3,(H,28,35)(H,29,31,32). The lowest BCUT2D eigenvalue weighted by Crippen LogP contribution is -2.51. The van der Waals surface area contributed by atoms with Gasteiger partial charge in [-0.25, -0.2) is 14.8 Å². The van der Waals surface area contributed by atoms with Gasteiger partial charge in [-0.05, 0) is 56.3 Å². The summed E-state index contributed by atoms with van der Waals surface area (Å²) < 4.78 is 0. The van der Waals surface area contributed by atoms with Crippen LogP contribution in [0.3, 0.4) is 0 Å². The van der Waals surface area contributed by atoms with Crippen molar-refractivity contribution in [3.05, 3.63) is 60.8 Å². The van der Waals surface area contributed by atoms with Gasteiger partial charge in [0.15, 0.2) is 0 Å². The molecule has 1 aliphatic rings. The van der Waals surface area contributed by atoms with Gasteiger partial charge in [-0.1, -0.05) is 12.1 Å². The third-order valence-corrected chi connectivity index (χ3v) is 5.85. The van der Waals surface area contributed by atoms with Crippen molar-refractivity contribution in [2.24, 2.45) is 5.73 Å². The van der Waals surface area contributed by atoms with Crippen LogP contribution in [0.2, 0.25) is 0 Å². The van der Waals surface area contributed by atoms with Crippen LogP contribution in [0.25, 0.3) is 11.3 Å². The van der Waals surface area contributed by atoms with Gasteiger partial charge in [0.1, 0.15) is 0 Å². The van der Waals surface area contributed by atoms with Crippen LogP contribution in [0.15, 0.2) is 60.8 Å². The number of hydrogen-bond acceptors (Lipinski definition) is 7. The number of carbonyl (C=O) groups excluding carboxylic acids is 1. The van der Waals surface area contributed by atoms with E-state index in [9.17, 15) is 4.79 Å². The summed E-state index contributed by atoms with van der Waals surface area (Å²) in [7, 11) is 0. The van der Waals surface area contributed by atoms with Crippen LogP contribution in [-0.2, 0) is 0 Å². The van der Waals surface area contributed by atoms with Gasteiger partial charge < -0.3 is 31.5 Å². The molecule has 0 bridgehead atoms. The number of hydrogen-bond donors (Lipinski definition) is 4. The molecule has 1 fully saturated rings. The maximum absolute atomic E-state index is 12.0. The van der Waals surface area contributed by atoms with Crippen LogP contribution in [-0.4, -0.2) is 66.2 Å². The van der Waals surface area contributed by atoms with Gasteiger partial charge in [0, 0.05) is 74.1 Å². The number of benzene rings is 2. The first kappa shape index (κ1) is 24.3. The number of carbonyl (C=O) groups is 1. The Balaban J connectivity index is 1.35. The van der Waals surface area contributed by atoms with Crippen molar-refractivity contribution in [3.63, 3.8) is 0 Å². The Morgan fingerprint density at radius 3 is 2.34 bits per heavy atom. The number of nitrogens with zero attached hydrogens (tertiary/aromatic N) is 4. The molecule has 184 valence electrons. The average Bonchev–Trinajstić information content (AvgIpc) is 2.89. The summed E-state index contributed by atoms with van der Waals surface area (Å²) in [6.07, 6.45) is 1.76. The number of nitrogens with two attached hydrogens (primary N) is 1. The minimum atomic E-state index is 0.0165. The zero-order valence-corrected chi connectivity index (χ0v) is 20.4. The zero-order chi connectivity index (χ0) is 24.6. The van der Waals surface area contributed by atoms with Gasteiger partial charge in [-0.2, -0.15) is 0 Å². The predicted octanol–water partition coefficient (Wildman–Crippen LogP) is 3.50. The van der Waals surface area contributed by atoms with Gasteiger partial charge in [0.05, 0.1) is 5.69 Å². The minimum Gasteiger partial charge on any atom is -0.383 e. The normalized spacial score (nSPS) is 14.4. The first-order chi connectivity index (χ1) is 17.0. The molecule has 0 radical (unpaired) electrons. The number of urea groups is 1. The van der Waals surface area contributed by atoms with E-state index in [-0.39, 0.29) is 12.1 Å². The summed E-state index contributed by atoms with van der Waals surface area (Å²) >= 11 is 0. The highest BCUT2D eigenvalue weighted by atomic mass is 16.2. The van der Waals surface area contributed by atoms with Gasteiger partial charge in [-0.15, -0.1) is 0 Å². The van der Waals surface area contributed by atoms with Crippen molar-refractivity contribution in [1.82, 2.24) is 20.2 Å². The molecule has 0 spiro atoms. The molecule has 4 rings (SSSR count). The van der Waals surface area contributed by atoms with E-state index >= 15 is 0 Å². The SMILES string of the molecule is CCNC(=O)N1CCN(c2ccc(Nc3nccc(-c4ccc(NCC(C)N)cc4)n3)cc2)CC1. The molecule has 1 saturated heterocycles. The van der Waals surface area contributed by atoms with E-state index in [0.29, 0.717) is 12.5 Å². The second-order valence-corrected chi connectivity index (χ2v) is 8.68. The molecule has 2 aromatic carbocycles. The Kier molecular flexibility index (Phi) is 7.99. The summed E-state index contributed by atoms with van der Waals surface area (Å²) in [4.78, 5) is 25.2. The summed E-state index contributed by atoms with van der Waals surface area (Å²) in [5.74, 6) is 0.546. The van der Waals surface area contributed by atoms with E-state index in [0.717, 1.165) is 61.0 Å². The van der Waals surface area contributed by atoms with E-state index < -0.39 is 0 Å². The number of rotatable bonds is 8. The first-order valence-electron chi connectivity index (χ1n) is 12.1. The van der Waals surface area contributed by atoms with E-state index in [2.05, 4.69) is 43.0 Å². The predicted molar refractivity (Wildman–Crippen MR) is 142 cm³/mol. The van der Waals surface area contributed by atoms with Crippen molar-refractivity contribution >= 4 is 29.0 Å². The number of aromatic nitrogens is 2. The first-order valence-corrected chi connectivity index (χ1v) is 12.1. The molecule has 1 aliphatic heterocycles. The maximum atomic E-state index is 12.0. The Labute approximate surface area is 206 Å². The number of piperazine rings is 1. The van der Waals surface area contributed by atoms with E-state index in [4.69, 9.17) is 5.73 Å². The number of anilines is 4. The molecule has 9 nitrogen and oxygen atoms in total. The summed E-state index contributed by atoms with van der Waals surface area (Å²) in [5, 5.41) is 9.48. The van der Waals surface area contributed by atoms with Crippen molar-refractivity contribution in [2.45, 2.75) is 19.9 Å². The number of amides is 2. The number of nitrogens with one attached hydrogen (secondary N) is 3. The quantitative estimate of drug-likeness (QED) is 0.395. The Morgan fingerprint density at radius 1 is 1.00 bits per heavy atom. The zero-order valence-electron chi connectivity index (χ0n) is 20.4. The highest BCUT2D eigenvalue weighted by molar-refractivity contribution is 5.74. The summed E-state index contributed by atoms with van der Waals surface area (Å²) in [6.45, 7) is 8.35. The lowest BCUT2D eigenvalue weighted by atomic mass is 10.1. The van der Waals surface area contributed by atoms with Crippen LogP contribution in [0.4, 0.5) is 27.8 Å². The molecule has 0 aliphatic carbocycles. The molecular formula is C26H34N8O. The monoisotopic (exact) mass is 474 g/mol. The van der Waals surface area contributed by atoms with Crippen LogP contribution in [0, 0.1) is 0 Å². The van der Waals surface area contributed by atoms with Gasteiger partial charge in [0.25, 0.3) is 0 Å². The minimum absolute atomic E-state index is 0.0165. The molecule has 2 amide bonds. The molecule has 0 saturated carbocycles. The highest BCUT2D eigenvalue weighted by Crippen LogP contribution is 2.23. The molecule has 2 heterocycles. The van der Waals surface area contributed by atoms with Crippen molar-refractivity contribution < 1.29 is 4.79 Å². The largest absolute Gasteiger partial charge is 0.383 e. The second-order valence-electron chi connectivity index (χ2n) is 8.68. The molecule has 9 heteroatoms. The Bertz CT molecular complexity index is 1090. The fraction of sp³-hybridized carbons (Fsp3) is 0.346.